The van der Waals surface area contributed by atoms with Gasteiger partial charge in [-0.05, 0) is 13.0 Å². The molecule has 0 aliphatic carbocycles. The summed E-state index contributed by atoms with van der Waals surface area (Å²) in [5.74, 6) is 0. The van der Waals surface area contributed by atoms with E-state index in [1.165, 1.54) is 6.08 Å². The predicted octanol–water partition coefficient (Wildman–Crippen LogP) is 0.681. The number of rotatable bonds is 6. The Morgan fingerprint density at radius 2 is 2.23 bits per heavy atom. The molecule has 0 aromatic heterocycles. The van der Waals surface area contributed by atoms with Crippen molar-refractivity contribution in [1.29, 1.82) is 0 Å². The van der Waals surface area contributed by atoms with E-state index >= 15 is 0 Å². The number of carbonyl (C=O) groups is 1. The fraction of sp³-hybridized carbons (Fsp3) is 0.625. The van der Waals surface area contributed by atoms with Gasteiger partial charge < -0.3 is 19.3 Å². The maximum Gasteiger partial charge on any atom is 0.508 e. The van der Waals surface area contributed by atoms with E-state index in [4.69, 9.17) is 9.84 Å². The second kappa shape index (κ2) is 7.57. The number of hydrogen-bond acceptors (Lipinski definition) is 5. The summed E-state index contributed by atoms with van der Waals surface area (Å²) in [5, 5.41) is 8.81. The Balaban J connectivity index is 3.25. The van der Waals surface area contributed by atoms with Gasteiger partial charge >= 0.3 is 6.16 Å². The summed E-state index contributed by atoms with van der Waals surface area (Å²) in [6, 6.07) is 0. The van der Waals surface area contributed by atoms with Gasteiger partial charge in [0.05, 0.1) is 13.2 Å². The molecule has 1 N–H and O–H groups in total. The summed E-state index contributed by atoms with van der Waals surface area (Å²) in [6.07, 6.45) is -0.533. The first-order valence-corrected chi connectivity index (χ1v) is 3.92. The average Bonchev–Trinajstić information content (AvgIpc) is 2.12. The van der Waals surface area contributed by atoms with Crippen molar-refractivity contribution in [3.05, 3.63) is 12.7 Å². The molecule has 0 aromatic carbocycles. The van der Waals surface area contributed by atoms with E-state index < -0.39 is 12.4 Å². The zero-order valence-electron chi connectivity index (χ0n) is 7.56. The molecule has 0 aromatic rings. The van der Waals surface area contributed by atoms with E-state index in [1.54, 1.807) is 6.92 Å². The number of aliphatic hydroxyl groups is 1. The van der Waals surface area contributed by atoms with E-state index in [9.17, 15) is 4.79 Å². The van der Waals surface area contributed by atoms with Gasteiger partial charge in [0.1, 0.15) is 6.61 Å². The van der Waals surface area contributed by atoms with Crippen LogP contribution >= 0.6 is 0 Å². The van der Waals surface area contributed by atoms with E-state index in [0.29, 0.717) is 0 Å². The van der Waals surface area contributed by atoms with Gasteiger partial charge in [-0.2, -0.15) is 0 Å². The SMILES string of the molecule is C=CC(O)OCCOC(=O)OCC. The highest BCUT2D eigenvalue weighted by atomic mass is 16.7. The lowest BCUT2D eigenvalue weighted by molar-refractivity contribution is -0.0780. The van der Waals surface area contributed by atoms with Crippen LogP contribution in [-0.4, -0.2) is 37.4 Å². The van der Waals surface area contributed by atoms with Crippen molar-refractivity contribution in [3.8, 4) is 0 Å². The molecular weight excluding hydrogens is 176 g/mol. The maximum atomic E-state index is 10.6. The first-order chi connectivity index (χ1) is 6.20. The summed E-state index contributed by atoms with van der Waals surface area (Å²) in [4.78, 5) is 10.6. The molecule has 5 heteroatoms. The summed E-state index contributed by atoms with van der Waals surface area (Å²) < 4.78 is 13.7. The van der Waals surface area contributed by atoms with E-state index in [2.05, 4.69) is 16.1 Å². The summed E-state index contributed by atoms with van der Waals surface area (Å²) in [7, 11) is 0. The van der Waals surface area contributed by atoms with Gasteiger partial charge in [0.2, 0.25) is 0 Å². The van der Waals surface area contributed by atoms with Crippen LogP contribution in [0.3, 0.4) is 0 Å². The quantitative estimate of drug-likeness (QED) is 0.289. The number of hydrogen-bond donors (Lipinski definition) is 1. The smallest absolute Gasteiger partial charge is 0.435 e. The largest absolute Gasteiger partial charge is 0.508 e. The van der Waals surface area contributed by atoms with Crippen LogP contribution in [0.15, 0.2) is 12.7 Å². The molecule has 0 heterocycles. The van der Waals surface area contributed by atoms with Crippen molar-refractivity contribution < 1.29 is 24.1 Å². The molecule has 0 saturated carbocycles. The Bertz CT molecular complexity index is 157. The molecule has 0 spiro atoms. The minimum atomic E-state index is -1.02. The predicted molar refractivity (Wildman–Crippen MR) is 45.1 cm³/mol. The van der Waals surface area contributed by atoms with Crippen molar-refractivity contribution in [2.24, 2.45) is 0 Å². The van der Waals surface area contributed by atoms with Crippen molar-refractivity contribution in [2.75, 3.05) is 19.8 Å². The topological polar surface area (TPSA) is 65.0 Å². The number of ether oxygens (including phenoxy) is 3. The normalized spacial score (nSPS) is 11.8. The monoisotopic (exact) mass is 190 g/mol. The first-order valence-electron chi connectivity index (χ1n) is 3.92. The molecule has 0 saturated heterocycles. The van der Waals surface area contributed by atoms with Crippen LogP contribution in [0.2, 0.25) is 0 Å². The lowest BCUT2D eigenvalue weighted by Gasteiger charge is -2.07. The molecule has 5 nitrogen and oxygen atoms in total. The highest BCUT2D eigenvalue weighted by Gasteiger charge is 2.02. The Morgan fingerprint density at radius 3 is 2.77 bits per heavy atom. The van der Waals surface area contributed by atoms with Crippen LogP contribution in [0.4, 0.5) is 4.79 Å². The average molecular weight is 190 g/mol. The second-order valence-corrected chi connectivity index (χ2v) is 2.03. The van der Waals surface area contributed by atoms with Crippen LogP contribution in [-0.2, 0) is 14.2 Å². The van der Waals surface area contributed by atoms with Crippen molar-refractivity contribution in [1.82, 2.24) is 0 Å². The van der Waals surface area contributed by atoms with E-state index in [-0.39, 0.29) is 19.8 Å². The van der Waals surface area contributed by atoms with Crippen LogP contribution in [0.5, 0.6) is 0 Å². The number of carbonyl (C=O) groups excluding carboxylic acids is 1. The summed E-state index contributed by atoms with van der Waals surface area (Å²) >= 11 is 0. The molecule has 76 valence electrons. The molecular formula is C8H14O5. The van der Waals surface area contributed by atoms with Crippen LogP contribution in [0, 0.1) is 0 Å². The van der Waals surface area contributed by atoms with Gasteiger partial charge in [0.15, 0.2) is 6.29 Å². The Morgan fingerprint density at radius 1 is 1.54 bits per heavy atom. The van der Waals surface area contributed by atoms with Crippen molar-refractivity contribution in [2.45, 2.75) is 13.2 Å². The van der Waals surface area contributed by atoms with Crippen molar-refractivity contribution >= 4 is 6.16 Å². The standard InChI is InChI=1S/C8H14O5/c1-3-7(9)12-5-6-13-8(10)11-4-2/h3,7,9H,1,4-6H2,2H3. The van der Waals surface area contributed by atoms with Crippen molar-refractivity contribution in [3.63, 3.8) is 0 Å². The van der Waals surface area contributed by atoms with Crippen LogP contribution < -0.4 is 0 Å². The van der Waals surface area contributed by atoms with E-state index in [0.717, 1.165) is 0 Å². The highest BCUT2D eigenvalue weighted by molar-refractivity contribution is 5.59. The molecule has 1 unspecified atom stereocenters. The summed E-state index contributed by atoms with van der Waals surface area (Å²) in [6.45, 7) is 5.40. The molecule has 0 radical (unpaired) electrons. The van der Waals surface area contributed by atoms with Gasteiger partial charge in [0.25, 0.3) is 0 Å². The van der Waals surface area contributed by atoms with Crippen LogP contribution in [0.1, 0.15) is 6.92 Å². The minimum absolute atomic E-state index is 0.0454. The number of aliphatic hydroxyl groups excluding tert-OH is 1. The molecule has 0 aliphatic heterocycles. The van der Waals surface area contributed by atoms with Gasteiger partial charge in [-0.3, -0.25) is 0 Å². The van der Waals surface area contributed by atoms with Gasteiger partial charge in [-0.15, -0.1) is 0 Å². The Hall–Kier alpha value is -1.07. The molecule has 13 heavy (non-hydrogen) atoms. The zero-order valence-corrected chi connectivity index (χ0v) is 7.56. The maximum absolute atomic E-state index is 10.6. The summed E-state index contributed by atoms with van der Waals surface area (Å²) in [5.41, 5.74) is 0. The molecule has 0 amide bonds. The van der Waals surface area contributed by atoms with Gasteiger partial charge in [0, 0.05) is 0 Å². The van der Waals surface area contributed by atoms with Crippen LogP contribution in [0.25, 0.3) is 0 Å². The second-order valence-electron chi connectivity index (χ2n) is 2.03. The van der Waals surface area contributed by atoms with Gasteiger partial charge in [-0.25, -0.2) is 4.79 Å². The lowest BCUT2D eigenvalue weighted by Crippen LogP contribution is -2.16. The molecule has 0 bridgehead atoms. The first kappa shape index (κ1) is 11.9. The third kappa shape index (κ3) is 7.30. The fourth-order valence-corrected chi connectivity index (χ4v) is 0.521. The third-order valence-electron chi connectivity index (χ3n) is 1.06. The Kier molecular flexibility index (Phi) is 6.95. The fourth-order valence-electron chi connectivity index (χ4n) is 0.521. The molecule has 0 rings (SSSR count). The van der Waals surface area contributed by atoms with Gasteiger partial charge in [-0.1, -0.05) is 6.58 Å². The molecule has 0 aliphatic rings. The highest BCUT2D eigenvalue weighted by Crippen LogP contribution is 1.89. The lowest BCUT2D eigenvalue weighted by atomic mass is 10.6. The van der Waals surface area contributed by atoms with E-state index in [1.807, 2.05) is 0 Å². The third-order valence-corrected chi connectivity index (χ3v) is 1.06. The minimum Gasteiger partial charge on any atom is -0.435 e. The molecule has 0 fully saturated rings. The zero-order chi connectivity index (χ0) is 10.1. The Labute approximate surface area is 76.9 Å². The molecule has 1 atom stereocenters.